The number of sulfonamides is 1. The number of anilines is 1. The van der Waals surface area contributed by atoms with Gasteiger partial charge in [-0.05, 0) is 38.8 Å². The van der Waals surface area contributed by atoms with Gasteiger partial charge in [0.05, 0.1) is 29.4 Å². The minimum atomic E-state index is -3.62. The van der Waals surface area contributed by atoms with Gasteiger partial charge in [0.15, 0.2) is 0 Å². The Hall–Kier alpha value is -2.30. The van der Waals surface area contributed by atoms with Crippen LogP contribution in [0.25, 0.3) is 17.0 Å². The molecule has 2 atom stereocenters. The zero-order chi connectivity index (χ0) is 23.2. The maximum absolute atomic E-state index is 14.9. The number of imidazole rings is 1. The van der Waals surface area contributed by atoms with Gasteiger partial charge < -0.3 is 10.3 Å². The number of H-pyrrole nitrogens is 1. The molecule has 8 nitrogen and oxygen atoms in total. The molecular weight excluding hydrogens is 455 g/mol. The molecule has 2 aliphatic carbocycles. The number of aromatic amines is 1. The van der Waals surface area contributed by atoms with Crippen LogP contribution in [0.15, 0.2) is 29.2 Å². The molecule has 3 N–H and O–H groups in total. The highest BCUT2D eigenvalue weighted by molar-refractivity contribution is 7.88. The minimum absolute atomic E-state index is 0.144. The average Bonchev–Trinajstić information content (AvgIpc) is 3.46. The Bertz CT molecular complexity index is 1200. The predicted octanol–water partition coefficient (Wildman–Crippen LogP) is 3.94. The van der Waals surface area contributed by atoms with E-state index in [1.807, 2.05) is 13.8 Å². The summed E-state index contributed by atoms with van der Waals surface area (Å²) in [5.41, 5.74) is 1.94. The van der Waals surface area contributed by atoms with E-state index < -0.39 is 27.8 Å². The average molecular weight is 481 g/mol. The minimum Gasteiger partial charge on any atom is -0.352 e. The summed E-state index contributed by atoms with van der Waals surface area (Å²) in [6, 6.07) is 0.959. The fraction of sp³-hybridized carbons (Fsp3) is 0.476. The van der Waals surface area contributed by atoms with Crippen molar-refractivity contribution in [2.45, 2.75) is 51.6 Å². The van der Waals surface area contributed by atoms with Crippen LogP contribution in [0.4, 0.5) is 10.3 Å². The summed E-state index contributed by atoms with van der Waals surface area (Å²) in [7, 11) is -3.62. The number of rotatable bonds is 7. The first-order chi connectivity index (χ1) is 15.0. The molecule has 1 saturated carbocycles. The number of aromatic nitrogens is 4. The maximum Gasteiger partial charge on any atom is 0.223 e. The Balaban J connectivity index is 1.84. The topological polar surface area (TPSA) is 113 Å². The second-order valence-corrected chi connectivity index (χ2v) is 10.8. The van der Waals surface area contributed by atoms with Gasteiger partial charge in [-0.2, -0.15) is 0 Å². The van der Waals surface area contributed by atoms with E-state index in [1.165, 1.54) is 6.08 Å². The van der Waals surface area contributed by atoms with Crippen LogP contribution < -0.4 is 10.0 Å². The van der Waals surface area contributed by atoms with Crippen molar-refractivity contribution in [2.24, 2.45) is 5.92 Å². The standard InChI is InChI=1S/C21H26ClFN6O2S/c1-10(2)25-21-24-8-7-15(26-21)19-18(27-20(28-19)12-5-6-12)13-9-14(23)11(3)17(16(13)22)29-32(4,30)31/h7-12,17,29H,5-6H2,1-4H3,(H,27,28)(H,24,25,26). The number of hydrogen-bond donors (Lipinski definition) is 3. The molecule has 2 unspecified atom stereocenters. The third kappa shape index (κ3) is 4.87. The van der Waals surface area contributed by atoms with Crippen molar-refractivity contribution < 1.29 is 12.8 Å². The van der Waals surface area contributed by atoms with Crippen LogP contribution in [0, 0.1) is 5.92 Å². The zero-order valence-corrected chi connectivity index (χ0v) is 19.9. The van der Waals surface area contributed by atoms with Gasteiger partial charge in [-0.1, -0.05) is 18.5 Å². The highest BCUT2D eigenvalue weighted by Gasteiger charge is 2.36. The molecule has 0 saturated heterocycles. The Morgan fingerprint density at radius 2 is 2.00 bits per heavy atom. The van der Waals surface area contributed by atoms with E-state index in [1.54, 1.807) is 19.2 Å². The lowest BCUT2D eigenvalue weighted by Crippen LogP contribution is -2.41. The summed E-state index contributed by atoms with van der Waals surface area (Å²) in [4.78, 5) is 16.9. The molecule has 0 spiro atoms. The first-order valence-corrected chi connectivity index (χ1v) is 12.7. The summed E-state index contributed by atoms with van der Waals surface area (Å²) in [5.74, 6) is 0.327. The lowest BCUT2D eigenvalue weighted by molar-refractivity contribution is 0.432. The molecule has 2 heterocycles. The molecule has 2 aromatic heterocycles. The summed E-state index contributed by atoms with van der Waals surface area (Å²) in [6.45, 7) is 5.56. The molecule has 0 amide bonds. The highest BCUT2D eigenvalue weighted by atomic mass is 35.5. The zero-order valence-electron chi connectivity index (χ0n) is 18.3. The Labute approximate surface area is 191 Å². The van der Waals surface area contributed by atoms with Gasteiger partial charge in [-0.3, -0.25) is 0 Å². The van der Waals surface area contributed by atoms with Crippen molar-refractivity contribution in [2.75, 3.05) is 11.6 Å². The van der Waals surface area contributed by atoms with E-state index in [-0.39, 0.29) is 11.1 Å². The lowest BCUT2D eigenvalue weighted by Gasteiger charge is -2.28. The quantitative estimate of drug-likeness (QED) is 0.553. The van der Waals surface area contributed by atoms with Gasteiger partial charge in [0, 0.05) is 34.7 Å². The van der Waals surface area contributed by atoms with Gasteiger partial charge in [0.1, 0.15) is 11.7 Å². The fourth-order valence-corrected chi connectivity index (χ4v) is 4.83. The molecular formula is C21H26ClFN6O2S. The first-order valence-electron chi connectivity index (χ1n) is 10.5. The Morgan fingerprint density at radius 1 is 1.28 bits per heavy atom. The normalized spacial score (nSPS) is 21.8. The van der Waals surface area contributed by atoms with E-state index in [2.05, 4.69) is 25.0 Å². The third-order valence-corrected chi connectivity index (χ3v) is 6.48. The summed E-state index contributed by atoms with van der Waals surface area (Å²) in [5, 5.41) is 3.36. The van der Waals surface area contributed by atoms with Gasteiger partial charge in [0.2, 0.25) is 16.0 Å². The van der Waals surface area contributed by atoms with Crippen LogP contribution in [0.1, 0.15) is 51.0 Å². The molecule has 1 fully saturated rings. The largest absolute Gasteiger partial charge is 0.352 e. The van der Waals surface area contributed by atoms with E-state index in [4.69, 9.17) is 16.6 Å². The molecule has 0 radical (unpaired) electrons. The van der Waals surface area contributed by atoms with Crippen molar-refractivity contribution in [1.29, 1.82) is 0 Å². The van der Waals surface area contributed by atoms with Crippen molar-refractivity contribution >= 4 is 33.1 Å². The second kappa shape index (κ2) is 8.57. The first kappa shape index (κ1) is 22.9. The van der Waals surface area contributed by atoms with Crippen LogP contribution in [0.5, 0.6) is 0 Å². The SMILES string of the molecule is CC(C)Nc1nccc(-c2[nH]c(C3CC3)nc2C2=C(Cl)C(NS(C)(=O)=O)C(C)C(F)=C2)n1. The summed E-state index contributed by atoms with van der Waals surface area (Å²) < 4.78 is 41.1. The smallest absolute Gasteiger partial charge is 0.223 e. The fourth-order valence-electron chi connectivity index (χ4n) is 3.60. The molecule has 11 heteroatoms. The van der Waals surface area contributed by atoms with E-state index >= 15 is 0 Å². The third-order valence-electron chi connectivity index (χ3n) is 5.36. The monoisotopic (exact) mass is 480 g/mol. The van der Waals surface area contributed by atoms with Crippen molar-refractivity contribution in [3.05, 3.63) is 40.7 Å². The number of nitrogens with one attached hydrogen (secondary N) is 3. The van der Waals surface area contributed by atoms with Crippen LogP contribution in [-0.4, -0.2) is 46.7 Å². The Morgan fingerprint density at radius 3 is 2.62 bits per heavy atom. The Kier molecular flexibility index (Phi) is 6.12. The summed E-state index contributed by atoms with van der Waals surface area (Å²) in [6.07, 6.45) is 6.02. The van der Waals surface area contributed by atoms with Crippen LogP contribution in [-0.2, 0) is 10.0 Å². The van der Waals surface area contributed by atoms with Crippen molar-refractivity contribution in [3.8, 4) is 11.4 Å². The highest BCUT2D eigenvalue weighted by Crippen LogP contribution is 2.43. The molecule has 32 heavy (non-hydrogen) atoms. The number of allylic oxidation sites excluding steroid dienone is 2. The molecule has 2 aromatic rings. The predicted molar refractivity (Wildman–Crippen MR) is 123 cm³/mol. The number of hydrogen-bond acceptors (Lipinski definition) is 6. The second-order valence-electron chi connectivity index (χ2n) is 8.63. The number of nitrogens with zero attached hydrogens (tertiary/aromatic N) is 3. The van der Waals surface area contributed by atoms with Gasteiger partial charge in [-0.25, -0.2) is 32.5 Å². The lowest BCUT2D eigenvalue weighted by atomic mass is 9.90. The van der Waals surface area contributed by atoms with Gasteiger partial charge >= 0.3 is 0 Å². The van der Waals surface area contributed by atoms with Gasteiger partial charge in [-0.15, -0.1) is 0 Å². The molecule has 0 bridgehead atoms. The van der Waals surface area contributed by atoms with Crippen molar-refractivity contribution in [3.63, 3.8) is 0 Å². The van der Waals surface area contributed by atoms with E-state index in [0.717, 1.165) is 24.9 Å². The molecule has 4 rings (SSSR count). The molecule has 0 aromatic carbocycles. The van der Waals surface area contributed by atoms with Crippen LogP contribution >= 0.6 is 11.6 Å². The van der Waals surface area contributed by atoms with Crippen LogP contribution in [0.3, 0.4) is 0 Å². The molecule has 2 aliphatic rings. The number of halogens is 2. The molecule has 0 aliphatic heterocycles. The maximum atomic E-state index is 14.9. The van der Waals surface area contributed by atoms with Crippen molar-refractivity contribution in [1.82, 2.24) is 24.7 Å². The van der Waals surface area contributed by atoms with E-state index in [0.29, 0.717) is 34.5 Å². The van der Waals surface area contributed by atoms with E-state index in [9.17, 15) is 12.8 Å². The van der Waals surface area contributed by atoms with Gasteiger partial charge in [0.25, 0.3) is 0 Å². The molecule has 172 valence electrons. The van der Waals surface area contributed by atoms with Crippen LogP contribution in [0.2, 0.25) is 0 Å². The summed E-state index contributed by atoms with van der Waals surface area (Å²) >= 11 is 6.66.